The summed E-state index contributed by atoms with van der Waals surface area (Å²) in [7, 11) is 0. The predicted molar refractivity (Wildman–Crippen MR) is 83.1 cm³/mol. The number of rotatable bonds is 3. The number of carbonyl (C=O) groups is 1. The van der Waals surface area contributed by atoms with Gasteiger partial charge in [0.1, 0.15) is 0 Å². The van der Waals surface area contributed by atoms with Crippen molar-refractivity contribution in [3.8, 4) is 0 Å². The first-order valence-electron chi connectivity index (χ1n) is 6.69. The summed E-state index contributed by atoms with van der Waals surface area (Å²) in [5.41, 5.74) is 0.436. The normalized spacial score (nSPS) is 27.0. The lowest BCUT2D eigenvalue weighted by molar-refractivity contribution is 0.0874. The van der Waals surface area contributed by atoms with Gasteiger partial charge in [0.15, 0.2) is 0 Å². The van der Waals surface area contributed by atoms with Crippen LogP contribution in [0.5, 0.6) is 0 Å². The number of alkyl halides is 1. The Morgan fingerprint density at radius 3 is 2.63 bits per heavy atom. The molecule has 0 heterocycles. The average molecular weight is 345 g/mol. The summed E-state index contributed by atoms with van der Waals surface area (Å²) in [6.07, 6.45) is 4.37. The second-order valence-corrected chi connectivity index (χ2v) is 6.50. The lowest BCUT2D eigenvalue weighted by atomic mass is 9.78. The topological polar surface area (TPSA) is 29.1 Å². The molecule has 0 spiro atoms. The minimum absolute atomic E-state index is 0.0698. The molecule has 0 bridgehead atoms. The van der Waals surface area contributed by atoms with Crippen LogP contribution in [0, 0.1) is 5.92 Å². The van der Waals surface area contributed by atoms with Gasteiger partial charge in [-0.2, -0.15) is 0 Å². The molecule has 1 aromatic carbocycles. The Morgan fingerprint density at radius 2 is 2.05 bits per heavy atom. The highest BCUT2D eigenvalue weighted by Gasteiger charge is 2.35. The summed E-state index contributed by atoms with van der Waals surface area (Å²) in [4.78, 5) is 12.4. The first kappa shape index (κ1) is 14.9. The molecule has 1 aromatic rings. The van der Waals surface area contributed by atoms with E-state index in [0.717, 1.165) is 36.9 Å². The number of hydrogen-bond acceptors (Lipinski definition) is 1. The van der Waals surface area contributed by atoms with Gasteiger partial charge < -0.3 is 5.32 Å². The van der Waals surface area contributed by atoms with Gasteiger partial charge >= 0.3 is 0 Å². The third kappa shape index (κ3) is 3.51. The van der Waals surface area contributed by atoms with E-state index >= 15 is 0 Å². The molecule has 4 heteroatoms. The Hall–Kier alpha value is -0.540. The molecule has 0 unspecified atom stereocenters. The number of benzene rings is 1. The zero-order valence-corrected chi connectivity index (χ0v) is 13.4. The summed E-state index contributed by atoms with van der Waals surface area (Å²) >= 11 is 9.64. The van der Waals surface area contributed by atoms with Gasteiger partial charge in [-0.25, -0.2) is 0 Å². The van der Waals surface area contributed by atoms with Crippen molar-refractivity contribution >= 4 is 33.4 Å². The molecular weight excluding hydrogens is 326 g/mol. The molecule has 0 aromatic heterocycles. The Kier molecular flexibility index (Phi) is 4.91. The fourth-order valence-electron chi connectivity index (χ4n) is 2.56. The van der Waals surface area contributed by atoms with E-state index in [4.69, 9.17) is 11.6 Å². The third-order valence-corrected chi connectivity index (χ3v) is 5.39. The number of nitrogens with one attached hydrogen (secondary N) is 1. The summed E-state index contributed by atoms with van der Waals surface area (Å²) in [5.74, 6) is 0.684. The van der Waals surface area contributed by atoms with Crippen molar-refractivity contribution in [1.29, 1.82) is 0 Å². The van der Waals surface area contributed by atoms with Crippen molar-refractivity contribution in [2.45, 2.75) is 38.1 Å². The second kappa shape index (κ2) is 6.27. The molecule has 104 valence electrons. The van der Waals surface area contributed by atoms with Crippen LogP contribution in [0.15, 0.2) is 24.3 Å². The number of carbonyl (C=O) groups excluding carboxylic acids is 1. The lowest BCUT2D eigenvalue weighted by Crippen LogP contribution is -2.52. The molecule has 2 nitrogen and oxygen atoms in total. The third-order valence-electron chi connectivity index (χ3n) is 3.98. The van der Waals surface area contributed by atoms with Gasteiger partial charge in [0.25, 0.3) is 5.91 Å². The quantitative estimate of drug-likeness (QED) is 0.808. The van der Waals surface area contributed by atoms with Crippen LogP contribution in [0.1, 0.15) is 43.0 Å². The first-order valence-corrected chi connectivity index (χ1v) is 8.19. The van der Waals surface area contributed by atoms with Crippen molar-refractivity contribution in [2.24, 2.45) is 5.92 Å². The Bertz CT molecular complexity index is 455. The molecule has 1 amide bonds. The highest BCUT2D eigenvalue weighted by molar-refractivity contribution is 9.09. The highest BCUT2D eigenvalue weighted by Crippen LogP contribution is 2.33. The second-order valence-electron chi connectivity index (χ2n) is 5.53. The minimum Gasteiger partial charge on any atom is -0.346 e. The fourth-order valence-corrected chi connectivity index (χ4v) is 3.48. The lowest BCUT2D eigenvalue weighted by Gasteiger charge is -2.39. The monoisotopic (exact) mass is 343 g/mol. The zero-order chi connectivity index (χ0) is 13.9. The molecule has 0 saturated heterocycles. The summed E-state index contributed by atoms with van der Waals surface area (Å²) < 4.78 is 0. The van der Waals surface area contributed by atoms with Crippen LogP contribution < -0.4 is 5.32 Å². The van der Waals surface area contributed by atoms with E-state index in [0.29, 0.717) is 10.6 Å². The van der Waals surface area contributed by atoms with E-state index < -0.39 is 0 Å². The molecule has 1 saturated carbocycles. The average Bonchev–Trinajstić information content (AvgIpc) is 2.42. The molecule has 2 rings (SSSR count). The Labute approximate surface area is 128 Å². The van der Waals surface area contributed by atoms with Crippen molar-refractivity contribution in [3.05, 3.63) is 34.9 Å². The largest absolute Gasteiger partial charge is 0.346 e. The number of amides is 1. The summed E-state index contributed by atoms with van der Waals surface area (Å²) in [6, 6.07) is 7.19. The van der Waals surface area contributed by atoms with E-state index in [1.807, 2.05) is 12.1 Å². The van der Waals surface area contributed by atoms with Gasteiger partial charge in [-0.05, 0) is 43.7 Å². The smallest absolute Gasteiger partial charge is 0.253 e. The standard InChI is InChI=1S/C15H19BrClNO/c1-11-6-8-15(10-16,9-7-11)18-14(19)12-4-2-3-5-13(12)17/h2-5,11H,6-10H2,1H3,(H,18,19). The summed E-state index contributed by atoms with van der Waals surface area (Å²) in [6.45, 7) is 2.27. The minimum atomic E-state index is -0.122. The van der Waals surface area contributed by atoms with Gasteiger partial charge in [-0.1, -0.05) is 46.6 Å². The van der Waals surface area contributed by atoms with Crippen molar-refractivity contribution in [2.75, 3.05) is 5.33 Å². The zero-order valence-electron chi connectivity index (χ0n) is 11.1. The van der Waals surface area contributed by atoms with Crippen molar-refractivity contribution in [1.82, 2.24) is 5.32 Å². The van der Waals surface area contributed by atoms with Crippen LogP contribution in [0.2, 0.25) is 5.02 Å². The van der Waals surface area contributed by atoms with Crippen LogP contribution in [-0.2, 0) is 0 Å². The van der Waals surface area contributed by atoms with Crippen LogP contribution in [-0.4, -0.2) is 16.8 Å². The molecule has 1 fully saturated rings. The number of hydrogen-bond donors (Lipinski definition) is 1. The predicted octanol–water partition coefficient (Wildman–Crippen LogP) is 4.41. The molecule has 1 N–H and O–H groups in total. The Morgan fingerprint density at radius 1 is 1.42 bits per heavy atom. The molecule has 0 atom stereocenters. The summed E-state index contributed by atoms with van der Waals surface area (Å²) in [5, 5.41) is 4.49. The van der Waals surface area contributed by atoms with Gasteiger partial charge in [0, 0.05) is 5.33 Å². The molecule has 1 aliphatic carbocycles. The van der Waals surface area contributed by atoms with Crippen LogP contribution in [0.25, 0.3) is 0 Å². The Balaban J connectivity index is 2.11. The van der Waals surface area contributed by atoms with E-state index in [1.54, 1.807) is 12.1 Å². The molecular formula is C15H19BrClNO. The van der Waals surface area contributed by atoms with Crippen molar-refractivity contribution < 1.29 is 4.79 Å². The molecule has 0 aliphatic heterocycles. The van der Waals surface area contributed by atoms with Crippen molar-refractivity contribution in [3.63, 3.8) is 0 Å². The van der Waals surface area contributed by atoms with Crippen LogP contribution in [0.3, 0.4) is 0 Å². The van der Waals surface area contributed by atoms with E-state index in [1.165, 1.54) is 0 Å². The van der Waals surface area contributed by atoms with E-state index in [2.05, 4.69) is 28.2 Å². The number of halogens is 2. The fraction of sp³-hybridized carbons (Fsp3) is 0.533. The first-order chi connectivity index (χ1) is 9.06. The maximum atomic E-state index is 12.4. The maximum absolute atomic E-state index is 12.4. The van der Waals surface area contributed by atoms with Gasteiger partial charge in [-0.3, -0.25) is 4.79 Å². The van der Waals surface area contributed by atoms with Crippen LogP contribution >= 0.6 is 27.5 Å². The van der Waals surface area contributed by atoms with Gasteiger partial charge in [-0.15, -0.1) is 0 Å². The molecule has 1 aliphatic rings. The van der Waals surface area contributed by atoms with Crippen LogP contribution in [0.4, 0.5) is 0 Å². The maximum Gasteiger partial charge on any atom is 0.253 e. The SMILES string of the molecule is CC1CCC(CBr)(NC(=O)c2ccccc2Cl)CC1. The van der Waals surface area contributed by atoms with E-state index in [-0.39, 0.29) is 11.4 Å². The van der Waals surface area contributed by atoms with E-state index in [9.17, 15) is 4.79 Å². The van der Waals surface area contributed by atoms with Gasteiger partial charge in [0.2, 0.25) is 0 Å². The molecule has 0 radical (unpaired) electrons. The highest BCUT2D eigenvalue weighted by atomic mass is 79.9. The van der Waals surface area contributed by atoms with Gasteiger partial charge in [0.05, 0.1) is 16.1 Å². The molecule has 19 heavy (non-hydrogen) atoms.